The Morgan fingerprint density at radius 3 is 2.63 bits per heavy atom. The number of piperidine rings is 1. The maximum Gasteiger partial charge on any atom is 0.146 e. The lowest BCUT2D eigenvalue weighted by Gasteiger charge is -2.34. The van der Waals surface area contributed by atoms with Crippen molar-refractivity contribution >= 4 is 17.5 Å². The van der Waals surface area contributed by atoms with Gasteiger partial charge < -0.3 is 20.1 Å². The Morgan fingerprint density at radius 2 is 1.93 bits per heavy atom. The fourth-order valence-corrected chi connectivity index (χ4v) is 3.36. The number of nitrogens with two attached hydrogens (primary N) is 1. The van der Waals surface area contributed by atoms with E-state index >= 15 is 0 Å². The molecule has 144 valence electrons. The summed E-state index contributed by atoms with van der Waals surface area (Å²) in [5.74, 6) is 1.73. The van der Waals surface area contributed by atoms with Gasteiger partial charge in [-0.25, -0.2) is 4.99 Å². The SMILES string of the molecule is CC(N)=NC(=N)/C=C(/C)C(=N)N1CCC(Oc2ccc3c(c2)COC3)CC1. The van der Waals surface area contributed by atoms with Gasteiger partial charge in [0, 0.05) is 25.9 Å². The first-order valence-electron chi connectivity index (χ1n) is 9.20. The quantitative estimate of drug-likeness (QED) is 0.560. The molecule has 0 spiro atoms. The minimum absolute atomic E-state index is 0.0658. The maximum atomic E-state index is 8.36. The summed E-state index contributed by atoms with van der Waals surface area (Å²) in [4.78, 5) is 5.91. The molecule has 1 fully saturated rings. The zero-order chi connectivity index (χ0) is 19.4. The van der Waals surface area contributed by atoms with Gasteiger partial charge >= 0.3 is 0 Å². The smallest absolute Gasteiger partial charge is 0.146 e. The molecule has 7 nitrogen and oxygen atoms in total. The van der Waals surface area contributed by atoms with Crippen LogP contribution in [-0.2, 0) is 18.0 Å². The van der Waals surface area contributed by atoms with Crippen molar-refractivity contribution in [2.24, 2.45) is 10.7 Å². The highest BCUT2D eigenvalue weighted by Crippen LogP contribution is 2.26. The summed E-state index contributed by atoms with van der Waals surface area (Å²) in [7, 11) is 0. The van der Waals surface area contributed by atoms with Crippen molar-refractivity contribution in [1.29, 1.82) is 10.8 Å². The van der Waals surface area contributed by atoms with E-state index in [1.165, 1.54) is 11.1 Å². The van der Waals surface area contributed by atoms with Gasteiger partial charge in [-0.1, -0.05) is 6.07 Å². The topological polar surface area (TPSA) is 108 Å². The van der Waals surface area contributed by atoms with Crippen molar-refractivity contribution in [1.82, 2.24) is 4.90 Å². The van der Waals surface area contributed by atoms with Crippen LogP contribution >= 0.6 is 0 Å². The van der Waals surface area contributed by atoms with E-state index in [1.807, 2.05) is 17.9 Å². The average molecular weight is 369 g/mol. The van der Waals surface area contributed by atoms with Crippen molar-refractivity contribution < 1.29 is 9.47 Å². The molecule has 4 N–H and O–H groups in total. The fraction of sp³-hybridized carbons (Fsp3) is 0.450. The van der Waals surface area contributed by atoms with Crippen LogP contribution in [0.2, 0.25) is 0 Å². The average Bonchev–Trinajstić information content (AvgIpc) is 3.08. The first-order chi connectivity index (χ1) is 12.9. The lowest BCUT2D eigenvalue weighted by molar-refractivity contribution is 0.129. The number of nitrogens with one attached hydrogen (secondary N) is 2. The molecule has 1 aromatic carbocycles. The first kappa shape index (κ1) is 19.1. The van der Waals surface area contributed by atoms with Gasteiger partial charge in [0.15, 0.2) is 0 Å². The molecule has 0 amide bonds. The van der Waals surface area contributed by atoms with E-state index in [-0.39, 0.29) is 11.9 Å². The minimum atomic E-state index is 0.0658. The third-order valence-corrected chi connectivity index (χ3v) is 4.78. The second kappa shape index (κ2) is 8.35. The maximum absolute atomic E-state index is 8.36. The second-order valence-corrected chi connectivity index (χ2v) is 7.04. The van der Waals surface area contributed by atoms with Gasteiger partial charge in [0.1, 0.15) is 23.5 Å². The molecule has 3 rings (SSSR count). The molecule has 27 heavy (non-hydrogen) atoms. The summed E-state index contributed by atoms with van der Waals surface area (Å²) in [6, 6.07) is 6.17. The van der Waals surface area contributed by atoms with Crippen molar-refractivity contribution in [3.8, 4) is 5.75 Å². The molecule has 2 heterocycles. The Hall–Kier alpha value is -2.67. The van der Waals surface area contributed by atoms with Gasteiger partial charge in [0.25, 0.3) is 0 Å². The Labute approximate surface area is 159 Å². The number of hydrogen-bond acceptors (Lipinski definition) is 4. The van der Waals surface area contributed by atoms with Crippen molar-refractivity contribution in [2.45, 2.75) is 46.0 Å². The number of hydrogen-bond donors (Lipinski definition) is 3. The number of nitrogens with zero attached hydrogens (tertiary/aromatic N) is 2. The van der Waals surface area contributed by atoms with Crippen molar-refractivity contribution in [3.63, 3.8) is 0 Å². The van der Waals surface area contributed by atoms with Crippen LogP contribution in [0, 0.1) is 10.8 Å². The molecule has 7 heteroatoms. The fourth-order valence-electron chi connectivity index (χ4n) is 3.36. The molecular weight excluding hydrogens is 342 g/mol. The number of fused-ring (bicyclic) bond motifs is 1. The van der Waals surface area contributed by atoms with Gasteiger partial charge in [-0.2, -0.15) is 0 Å². The molecular formula is C20H27N5O2. The summed E-state index contributed by atoms with van der Waals surface area (Å²) in [6.45, 7) is 6.34. The molecule has 1 aromatic rings. The molecule has 0 unspecified atom stereocenters. The molecule has 0 aliphatic carbocycles. The van der Waals surface area contributed by atoms with Gasteiger partial charge in [-0.05, 0) is 48.8 Å². The largest absolute Gasteiger partial charge is 0.490 e. The van der Waals surface area contributed by atoms with Gasteiger partial charge in [-0.3, -0.25) is 10.8 Å². The number of ether oxygens (including phenoxy) is 2. The van der Waals surface area contributed by atoms with Crippen LogP contribution in [-0.4, -0.2) is 41.6 Å². The Kier molecular flexibility index (Phi) is 5.91. The van der Waals surface area contributed by atoms with E-state index in [1.54, 1.807) is 13.0 Å². The molecule has 2 aliphatic rings. The normalized spacial score (nSPS) is 18.4. The highest BCUT2D eigenvalue weighted by Gasteiger charge is 2.23. The summed E-state index contributed by atoms with van der Waals surface area (Å²) in [5.41, 5.74) is 8.66. The summed E-state index contributed by atoms with van der Waals surface area (Å²) in [6.07, 6.45) is 3.46. The lowest BCUT2D eigenvalue weighted by Crippen LogP contribution is -2.41. The Morgan fingerprint density at radius 1 is 1.22 bits per heavy atom. The van der Waals surface area contributed by atoms with Gasteiger partial charge in [0.05, 0.1) is 19.0 Å². The van der Waals surface area contributed by atoms with E-state index in [9.17, 15) is 0 Å². The second-order valence-electron chi connectivity index (χ2n) is 7.04. The third kappa shape index (κ3) is 4.95. The van der Waals surface area contributed by atoms with Crippen LogP contribution in [0.1, 0.15) is 37.8 Å². The molecule has 0 radical (unpaired) electrons. The molecule has 0 saturated carbocycles. The van der Waals surface area contributed by atoms with E-state index in [4.69, 9.17) is 26.0 Å². The predicted octanol–water partition coefficient (Wildman–Crippen LogP) is 2.84. The summed E-state index contributed by atoms with van der Waals surface area (Å²) >= 11 is 0. The number of aliphatic imine (C=N–C) groups is 1. The lowest BCUT2D eigenvalue weighted by atomic mass is 10.1. The third-order valence-electron chi connectivity index (χ3n) is 4.78. The Bertz CT molecular complexity index is 788. The number of benzene rings is 1. The minimum Gasteiger partial charge on any atom is -0.490 e. The Balaban J connectivity index is 1.52. The van der Waals surface area contributed by atoms with Crippen molar-refractivity contribution in [2.75, 3.05) is 13.1 Å². The standard InChI is InChI=1S/C20H27N5O2/c1-13(9-19(22)24-14(2)21)20(23)25-7-5-17(6-8-25)27-18-4-3-15-11-26-12-16(15)10-18/h3-4,9-10,17,23H,5-8,11-12H2,1-2H3,(H3,21,22,24)/b13-9-,23-20?. The van der Waals surface area contributed by atoms with Gasteiger partial charge in [0.2, 0.25) is 0 Å². The van der Waals surface area contributed by atoms with E-state index < -0.39 is 0 Å². The van der Waals surface area contributed by atoms with Crippen LogP contribution in [0.5, 0.6) is 5.75 Å². The van der Waals surface area contributed by atoms with E-state index in [0.717, 1.165) is 31.7 Å². The molecule has 0 bridgehead atoms. The van der Waals surface area contributed by atoms with Crippen LogP contribution in [0.15, 0.2) is 34.8 Å². The highest BCUT2D eigenvalue weighted by atomic mass is 16.5. The summed E-state index contributed by atoms with van der Waals surface area (Å²) < 4.78 is 11.6. The number of likely N-dealkylation sites (tertiary alicyclic amines) is 1. The summed E-state index contributed by atoms with van der Waals surface area (Å²) in [5, 5.41) is 16.1. The van der Waals surface area contributed by atoms with Crippen LogP contribution in [0.3, 0.4) is 0 Å². The zero-order valence-corrected chi connectivity index (χ0v) is 15.9. The van der Waals surface area contributed by atoms with E-state index in [2.05, 4.69) is 17.1 Å². The monoisotopic (exact) mass is 369 g/mol. The zero-order valence-electron chi connectivity index (χ0n) is 15.9. The van der Waals surface area contributed by atoms with Crippen LogP contribution < -0.4 is 10.5 Å². The van der Waals surface area contributed by atoms with Crippen molar-refractivity contribution in [3.05, 3.63) is 41.0 Å². The molecule has 1 saturated heterocycles. The molecule has 0 aromatic heterocycles. The molecule has 0 atom stereocenters. The van der Waals surface area contributed by atoms with E-state index in [0.29, 0.717) is 30.5 Å². The van der Waals surface area contributed by atoms with Gasteiger partial charge in [-0.15, -0.1) is 0 Å². The highest BCUT2D eigenvalue weighted by molar-refractivity contribution is 6.06. The van der Waals surface area contributed by atoms with Crippen LogP contribution in [0.4, 0.5) is 0 Å². The number of amidine groups is 3. The predicted molar refractivity (Wildman–Crippen MR) is 107 cm³/mol. The number of rotatable bonds is 4. The first-order valence-corrected chi connectivity index (χ1v) is 9.20. The van der Waals surface area contributed by atoms with Crippen LogP contribution in [0.25, 0.3) is 0 Å². The molecule has 2 aliphatic heterocycles.